The number of anilines is 1. The normalized spacial score (nSPS) is 16.2. The molecule has 146 valence electrons. The number of methoxy groups -OCH3 is 2. The number of hydrogen-bond acceptors (Lipinski definition) is 7. The fraction of sp³-hybridized carbons (Fsp3) is 0.550. The monoisotopic (exact) mass is 371 g/mol. The van der Waals surface area contributed by atoms with Gasteiger partial charge < -0.3 is 19.7 Å². The maximum Gasteiger partial charge on any atom is 0.243 e. The number of rotatable bonds is 7. The van der Waals surface area contributed by atoms with Crippen LogP contribution in [0.2, 0.25) is 0 Å². The summed E-state index contributed by atoms with van der Waals surface area (Å²) in [5, 5.41) is 11.7. The number of nitrogens with zero attached hydrogens (tertiary/aromatic N) is 4. The van der Waals surface area contributed by atoms with E-state index in [0.717, 1.165) is 12.1 Å². The molecule has 3 rings (SSSR count). The third kappa shape index (κ3) is 4.13. The average Bonchev–Trinajstić information content (AvgIpc) is 2.72. The van der Waals surface area contributed by atoms with E-state index < -0.39 is 0 Å². The highest BCUT2D eigenvalue weighted by atomic mass is 16.5. The van der Waals surface area contributed by atoms with E-state index in [4.69, 9.17) is 9.47 Å². The minimum absolute atomic E-state index is 0.139. The predicted octanol–water partition coefficient (Wildman–Crippen LogP) is 3.23. The molecule has 0 unspecified atom stereocenters. The van der Waals surface area contributed by atoms with E-state index in [1.54, 1.807) is 20.4 Å². The average molecular weight is 371 g/mol. The van der Waals surface area contributed by atoms with Gasteiger partial charge in [-0.2, -0.15) is 5.10 Å². The molecule has 1 aromatic carbocycles. The summed E-state index contributed by atoms with van der Waals surface area (Å²) in [5.41, 5.74) is 1.59. The fourth-order valence-electron chi connectivity index (χ4n) is 3.84. The highest BCUT2D eigenvalue weighted by Crippen LogP contribution is 2.37. The molecule has 1 fully saturated rings. The lowest BCUT2D eigenvalue weighted by atomic mass is 9.80. The molecule has 0 radical (unpaired) electrons. The molecule has 0 saturated heterocycles. The largest absolute Gasteiger partial charge is 0.496 e. The predicted molar refractivity (Wildman–Crippen MR) is 106 cm³/mol. The Morgan fingerprint density at radius 1 is 1.07 bits per heavy atom. The van der Waals surface area contributed by atoms with Crippen LogP contribution in [0.1, 0.15) is 32.1 Å². The van der Waals surface area contributed by atoms with Gasteiger partial charge in [0.2, 0.25) is 5.95 Å². The SMILES string of the molecule is COc1cccc(OC)c1-c1cnnc(NCC2(N(C)C)CCCCC2)n1. The van der Waals surface area contributed by atoms with Gasteiger partial charge in [-0.1, -0.05) is 25.3 Å². The topological polar surface area (TPSA) is 72.4 Å². The third-order valence-electron chi connectivity index (χ3n) is 5.55. The van der Waals surface area contributed by atoms with Crippen LogP contribution in [-0.2, 0) is 0 Å². The first kappa shape index (κ1) is 19.4. The van der Waals surface area contributed by atoms with Crippen LogP contribution in [-0.4, -0.2) is 60.5 Å². The highest BCUT2D eigenvalue weighted by Gasteiger charge is 2.34. The van der Waals surface area contributed by atoms with Crippen molar-refractivity contribution in [1.29, 1.82) is 0 Å². The molecule has 0 amide bonds. The van der Waals surface area contributed by atoms with Gasteiger partial charge in [0.15, 0.2) is 0 Å². The Hall–Kier alpha value is -2.41. The van der Waals surface area contributed by atoms with Crippen molar-refractivity contribution < 1.29 is 9.47 Å². The zero-order valence-electron chi connectivity index (χ0n) is 16.7. The van der Waals surface area contributed by atoms with Gasteiger partial charge in [0.1, 0.15) is 17.2 Å². The molecule has 0 aliphatic heterocycles. The zero-order valence-corrected chi connectivity index (χ0v) is 16.7. The summed E-state index contributed by atoms with van der Waals surface area (Å²) in [6, 6.07) is 5.66. The van der Waals surface area contributed by atoms with Crippen LogP contribution in [0.15, 0.2) is 24.4 Å². The summed E-state index contributed by atoms with van der Waals surface area (Å²) in [7, 11) is 7.58. The molecule has 0 spiro atoms. The van der Waals surface area contributed by atoms with Crippen molar-refractivity contribution in [3.05, 3.63) is 24.4 Å². The Labute approximate surface area is 161 Å². The van der Waals surface area contributed by atoms with E-state index in [2.05, 4.69) is 39.5 Å². The van der Waals surface area contributed by atoms with Crippen LogP contribution in [0, 0.1) is 0 Å². The molecule has 1 N–H and O–H groups in total. The number of nitrogens with one attached hydrogen (secondary N) is 1. The van der Waals surface area contributed by atoms with E-state index in [1.807, 2.05) is 18.2 Å². The highest BCUT2D eigenvalue weighted by molar-refractivity contribution is 5.74. The molecule has 1 aliphatic carbocycles. The van der Waals surface area contributed by atoms with Crippen molar-refractivity contribution in [2.75, 3.05) is 40.2 Å². The molecule has 1 saturated carbocycles. The second kappa shape index (κ2) is 8.52. The molecule has 7 heteroatoms. The second-order valence-corrected chi connectivity index (χ2v) is 7.24. The number of hydrogen-bond donors (Lipinski definition) is 1. The lowest BCUT2D eigenvalue weighted by Crippen LogP contribution is -2.51. The van der Waals surface area contributed by atoms with Crippen molar-refractivity contribution in [2.24, 2.45) is 0 Å². The van der Waals surface area contributed by atoms with Gasteiger partial charge in [0.25, 0.3) is 0 Å². The Morgan fingerprint density at radius 3 is 2.33 bits per heavy atom. The number of ether oxygens (including phenoxy) is 2. The Kier molecular flexibility index (Phi) is 6.11. The van der Waals surface area contributed by atoms with Gasteiger partial charge in [0, 0.05) is 12.1 Å². The Morgan fingerprint density at radius 2 is 1.74 bits per heavy atom. The van der Waals surface area contributed by atoms with Crippen molar-refractivity contribution in [3.63, 3.8) is 0 Å². The summed E-state index contributed by atoms with van der Waals surface area (Å²) >= 11 is 0. The molecule has 0 bridgehead atoms. The number of likely N-dealkylation sites (N-methyl/N-ethyl adjacent to an activating group) is 1. The maximum absolute atomic E-state index is 5.49. The standard InChI is InChI=1S/C20H29N5O2/c1-25(2)20(11-6-5-7-12-20)14-21-19-23-15(13-22-24-19)18-16(26-3)9-8-10-17(18)27-4/h8-10,13H,5-7,11-12,14H2,1-4H3,(H,21,23,24). The molecule has 0 atom stereocenters. The van der Waals surface area contributed by atoms with E-state index >= 15 is 0 Å². The quantitative estimate of drug-likeness (QED) is 0.801. The Bertz CT molecular complexity index is 738. The van der Waals surface area contributed by atoms with Crippen LogP contribution >= 0.6 is 0 Å². The first-order valence-corrected chi connectivity index (χ1v) is 9.42. The number of benzene rings is 1. The van der Waals surface area contributed by atoms with Crippen LogP contribution in [0.3, 0.4) is 0 Å². The van der Waals surface area contributed by atoms with Gasteiger partial charge >= 0.3 is 0 Å². The van der Waals surface area contributed by atoms with Gasteiger partial charge in [-0.05, 0) is 39.1 Å². The van der Waals surface area contributed by atoms with Crippen LogP contribution in [0.5, 0.6) is 11.5 Å². The molecular weight excluding hydrogens is 342 g/mol. The van der Waals surface area contributed by atoms with Gasteiger partial charge in [-0.25, -0.2) is 4.98 Å². The van der Waals surface area contributed by atoms with Crippen molar-refractivity contribution in [1.82, 2.24) is 20.1 Å². The molecule has 27 heavy (non-hydrogen) atoms. The molecule has 1 heterocycles. The van der Waals surface area contributed by atoms with Crippen molar-refractivity contribution >= 4 is 5.95 Å². The lowest BCUT2D eigenvalue weighted by Gasteiger charge is -2.43. The summed E-state index contributed by atoms with van der Waals surface area (Å²) < 4.78 is 11.0. The molecule has 7 nitrogen and oxygen atoms in total. The fourth-order valence-corrected chi connectivity index (χ4v) is 3.84. The van der Waals surface area contributed by atoms with E-state index in [-0.39, 0.29) is 5.54 Å². The molecular formula is C20H29N5O2. The summed E-state index contributed by atoms with van der Waals surface area (Å²) in [6.45, 7) is 0.800. The van der Waals surface area contributed by atoms with E-state index in [1.165, 1.54) is 32.1 Å². The molecule has 1 aromatic heterocycles. The van der Waals surface area contributed by atoms with Gasteiger partial charge in [0.05, 0.1) is 26.0 Å². The van der Waals surface area contributed by atoms with Crippen LogP contribution in [0.4, 0.5) is 5.95 Å². The second-order valence-electron chi connectivity index (χ2n) is 7.24. The summed E-state index contributed by atoms with van der Waals surface area (Å²) in [6.07, 6.45) is 7.83. The smallest absolute Gasteiger partial charge is 0.243 e. The molecule has 2 aromatic rings. The maximum atomic E-state index is 5.49. The first-order valence-electron chi connectivity index (χ1n) is 9.42. The summed E-state index contributed by atoms with van der Waals surface area (Å²) in [4.78, 5) is 7.00. The minimum Gasteiger partial charge on any atom is -0.496 e. The van der Waals surface area contributed by atoms with E-state index in [9.17, 15) is 0 Å². The minimum atomic E-state index is 0.139. The van der Waals surface area contributed by atoms with Crippen molar-refractivity contribution in [2.45, 2.75) is 37.6 Å². The van der Waals surface area contributed by atoms with Gasteiger partial charge in [-0.3, -0.25) is 0 Å². The van der Waals surface area contributed by atoms with Gasteiger partial charge in [-0.15, -0.1) is 5.10 Å². The first-order chi connectivity index (χ1) is 13.1. The molecule has 1 aliphatic rings. The van der Waals surface area contributed by atoms with E-state index in [0.29, 0.717) is 23.1 Å². The Balaban J connectivity index is 1.84. The van der Waals surface area contributed by atoms with Crippen molar-refractivity contribution in [3.8, 4) is 22.8 Å². The lowest BCUT2D eigenvalue weighted by molar-refractivity contribution is 0.113. The third-order valence-corrected chi connectivity index (χ3v) is 5.55. The zero-order chi connectivity index (χ0) is 19.3. The van der Waals surface area contributed by atoms with Crippen LogP contribution < -0.4 is 14.8 Å². The summed E-state index contributed by atoms with van der Waals surface area (Å²) in [5.74, 6) is 1.91. The van der Waals surface area contributed by atoms with Crippen LogP contribution in [0.25, 0.3) is 11.3 Å². The number of aromatic nitrogens is 3.